The number of fused-ring (bicyclic) bond motifs is 1. The van der Waals surface area contributed by atoms with E-state index in [0.29, 0.717) is 26.0 Å². The van der Waals surface area contributed by atoms with E-state index in [4.69, 9.17) is 4.74 Å². The molecule has 0 radical (unpaired) electrons. The Balaban J connectivity index is 1.75. The minimum Gasteiger partial charge on any atom is -0.393 e. The van der Waals surface area contributed by atoms with Crippen LogP contribution in [-0.4, -0.2) is 45.2 Å². The first-order valence-corrected chi connectivity index (χ1v) is 7.13. The summed E-state index contributed by atoms with van der Waals surface area (Å²) in [6, 6.07) is -0.0143. The van der Waals surface area contributed by atoms with Crippen LogP contribution in [0.3, 0.4) is 0 Å². The number of aromatic nitrogens is 2. The van der Waals surface area contributed by atoms with Gasteiger partial charge in [0.05, 0.1) is 30.6 Å². The second-order valence-corrected chi connectivity index (χ2v) is 5.72. The zero-order valence-electron chi connectivity index (χ0n) is 12.0. The molecule has 20 heavy (non-hydrogen) atoms. The third-order valence-corrected chi connectivity index (χ3v) is 4.41. The van der Waals surface area contributed by atoms with Crippen LogP contribution in [-0.2, 0) is 22.7 Å². The highest BCUT2D eigenvalue weighted by Crippen LogP contribution is 2.33. The first-order chi connectivity index (χ1) is 9.61. The molecule has 1 aromatic rings. The zero-order valence-corrected chi connectivity index (χ0v) is 12.0. The van der Waals surface area contributed by atoms with Crippen molar-refractivity contribution in [1.29, 1.82) is 0 Å². The van der Waals surface area contributed by atoms with Crippen LogP contribution in [0.5, 0.6) is 0 Å². The van der Waals surface area contributed by atoms with Gasteiger partial charge in [0.2, 0.25) is 5.91 Å². The Morgan fingerprint density at radius 1 is 1.50 bits per heavy atom. The Morgan fingerprint density at radius 2 is 2.25 bits per heavy atom. The van der Waals surface area contributed by atoms with Crippen molar-refractivity contribution >= 4 is 5.91 Å². The lowest BCUT2D eigenvalue weighted by Crippen LogP contribution is -2.48. The molecule has 0 aromatic carbocycles. The van der Waals surface area contributed by atoms with Crippen molar-refractivity contribution in [3.63, 3.8) is 0 Å². The van der Waals surface area contributed by atoms with Crippen LogP contribution in [0.2, 0.25) is 0 Å². The fraction of sp³-hybridized carbons (Fsp3) is 0.714. The summed E-state index contributed by atoms with van der Waals surface area (Å²) in [6.45, 7) is 4.02. The van der Waals surface area contributed by atoms with Gasteiger partial charge in [-0.3, -0.25) is 4.79 Å². The second-order valence-electron chi connectivity index (χ2n) is 5.72. The minimum absolute atomic E-state index is 0.00703. The summed E-state index contributed by atoms with van der Waals surface area (Å²) >= 11 is 0. The van der Waals surface area contributed by atoms with E-state index < -0.39 is 0 Å². The molecule has 3 rings (SSSR count). The van der Waals surface area contributed by atoms with Crippen molar-refractivity contribution in [3.8, 4) is 0 Å². The van der Waals surface area contributed by atoms with Crippen LogP contribution < -0.4 is 0 Å². The summed E-state index contributed by atoms with van der Waals surface area (Å²) in [7, 11) is 1.67. The summed E-state index contributed by atoms with van der Waals surface area (Å²) in [5.74, 6) is 1.08. The molecule has 1 aliphatic carbocycles. The van der Waals surface area contributed by atoms with Gasteiger partial charge in [-0.1, -0.05) is 0 Å². The number of rotatable bonds is 3. The van der Waals surface area contributed by atoms with Gasteiger partial charge in [-0.25, -0.2) is 4.98 Å². The number of ether oxygens (including phenoxy) is 1. The first-order valence-electron chi connectivity index (χ1n) is 7.13. The Morgan fingerprint density at radius 3 is 2.90 bits per heavy atom. The molecule has 1 unspecified atom stereocenters. The summed E-state index contributed by atoms with van der Waals surface area (Å²) in [5.41, 5.74) is 1.06. The van der Waals surface area contributed by atoms with E-state index in [1.165, 1.54) is 0 Å². The highest BCUT2D eigenvalue weighted by Gasteiger charge is 2.39. The fourth-order valence-electron chi connectivity index (χ4n) is 3.15. The number of hydrogen-bond acceptors (Lipinski definition) is 4. The third kappa shape index (κ3) is 2.13. The number of carbonyl (C=O) groups excluding carboxylic acids is 1. The molecule has 1 N–H and O–H groups in total. The van der Waals surface area contributed by atoms with Crippen molar-refractivity contribution in [2.45, 2.75) is 45.1 Å². The second kappa shape index (κ2) is 5.18. The van der Waals surface area contributed by atoms with Crippen molar-refractivity contribution in [3.05, 3.63) is 17.7 Å². The number of carbonyl (C=O) groups is 1. The molecule has 1 saturated carbocycles. The maximum atomic E-state index is 12.4. The molecule has 0 bridgehead atoms. The predicted octanol–water partition coefficient (Wildman–Crippen LogP) is 0.704. The Labute approximate surface area is 118 Å². The van der Waals surface area contributed by atoms with Crippen LogP contribution >= 0.6 is 0 Å². The standard InChI is InChI=1S/C14H21N3O3/c1-9-13-15-7-11(8-20-2)17(13)4-3-16(9)14(19)10-5-12(18)6-10/h7,9-10,12,18H,3-6,8H2,1-2H3. The molecule has 110 valence electrons. The van der Waals surface area contributed by atoms with Gasteiger partial charge in [0.15, 0.2) is 0 Å². The van der Waals surface area contributed by atoms with Crippen LogP contribution in [0.25, 0.3) is 0 Å². The smallest absolute Gasteiger partial charge is 0.226 e. The maximum Gasteiger partial charge on any atom is 0.226 e. The van der Waals surface area contributed by atoms with E-state index in [1.807, 2.05) is 18.0 Å². The lowest BCUT2D eigenvalue weighted by Gasteiger charge is -2.40. The lowest BCUT2D eigenvalue weighted by molar-refractivity contribution is -0.145. The molecule has 6 nitrogen and oxygen atoms in total. The van der Waals surface area contributed by atoms with Crippen molar-refractivity contribution in [2.24, 2.45) is 5.92 Å². The molecule has 0 spiro atoms. The largest absolute Gasteiger partial charge is 0.393 e. The molecule has 6 heteroatoms. The number of aliphatic hydroxyl groups is 1. The topological polar surface area (TPSA) is 67.6 Å². The molecule has 2 heterocycles. The molecule has 2 aliphatic rings. The van der Waals surface area contributed by atoms with E-state index in [-0.39, 0.29) is 24.0 Å². The minimum atomic E-state index is -0.292. The number of aliphatic hydroxyl groups excluding tert-OH is 1. The molecular weight excluding hydrogens is 258 g/mol. The number of nitrogens with zero attached hydrogens (tertiary/aromatic N) is 3. The van der Waals surface area contributed by atoms with Gasteiger partial charge in [0, 0.05) is 26.1 Å². The molecular formula is C14H21N3O3. The average molecular weight is 279 g/mol. The highest BCUT2D eigenvalue weighted by atomic mass is 16.5. The first kappa shape index (κ1) is 13.6. The lowest BCUT2D eigenvalue weighted by atomic mass is 9.81. The molecule has 1 fully saturated rings. The Hall–Kier alpha value is -1.40. The van der Waals surface area contributed by atoms with Gasteiger partial charge in [-0.15, -0.1) is 0 Å². The number of amides is 1. The molecule has 1 atom stereocenters. The van der Waals surface area contributed by atoms with Crippen LogP contribution in [0.4, 0.5) is 0 Å². The van der Waals surface area contributed by atoms with Crippen molar-refractivity contribution in [2.75, 3.05) is 13.7 Å². The van der Waals surface area contributed by atoms with E-state index in [2.05, 4.69) is 9.55 Å². The van der Waals surface area contributed by atoms with Gasteiger partial charge >= 0.3 is 0 Å². The van der Waals surface area contributed by atoms with Crippen LogP contribution in [0.15, 0.2) is 6.20 Å². The number of imidazole rings is 1. The molecule has 1 aliphatic heterocycles. The summed E-state index contributed by atoms with van der Waals surface area (Å²) in [4.78, 5) is 18.8. The SMILES string of the molecule is COCc1cnc2n1CCN(C(=O)C1CC(O)C1)C2C. The van der Waals surface area contributed by atoms with E-state index in [1.54, 1.807) is 7.11 Å². The normalized spacial score (nSPS) is 28.9. The average Bonchev–Trinajstić information content (AvgIpc) is 2.80. The van der Waals surface area contributed by atoms with E-state index >= 15 is 0 Å². The zero-order chi connectivity index (χ0) is 14.3. The summed E-state index contributed by atoms with van der Waals surface area (Å²) in [6.07, 6.45) is 2.74. The highest BCUT2D eigenvalue weighted by molar-refractivity contribution is 5.80. The fourth-order valence-corrected chi connectivity index (χ4v) is 3.15. The quantitative estimate of drug-likeness (QED) is 0.884. The Bertz CT molecular complexity index is 508. The van der Waals surface area contributed by atoms with Gasteiger partial charge in [0.1, 0.15) is 5.82 Å². The van der Waals surface area contributed by atoms with E-state index in [9.17, 15) is 9.90 Å². The Kier molecular flexibility index (Phi) is 3.52. The van der Waals surface area contributed by atoms with Crippen LogP contribution in [0, 0.1) is 5.92 Å². The van der Waals surface area contributed by atoms with Crippen LogP contribution in [0.1, 0.15) is 37.3 Å². The van der Waals surface area contributed by atoms with Gasteiger partial charge in [0.25, 0.3) is 0 Å². The summed E-state index contributed by atoms with van der Waals surface area (Å²) < 4.78 is 7.32. The monoisotopic (exact) mass is 279 g/mol. The predicted molar refractivity (Wildman–Crippen MR) is 71.8 cm³/mol. The van der Waals surface area contributed by atoms with Gasteiger partial charge in [-0.2, -0.15) is 0 Å². The van der Waals surface area contributed by atoms with Crippen molar-refractivity contribution in [1.82, 2.24) is 14.5 Å². The number of methoxy groups -OCH3 is 1. The molecule has 1 amide bonds. The van der Waals surface area contributed by atoms with Gasteiger partial charge in [-0.05, 0) is 19.8 Å². The summed E-state index contributed by atoms with van der Waals surface area (Å²) in [5, 5.41) is 9.35. The molecule has 1 aromatic heterocycles. The maximum absolute atomic E-state index is 12.4. The third-order valence-electron chi connectivity index (χ3n) is 4.41. The van der Waals surface area contributed by atoms with E-state index in [0.717, 1.165) is 18.1 Å². The number of hydrogen-bond donors (Lipinski definition) is 1. The molecule has 0 saturated heterocycles. The van der Waals surface area contributed by atoms with Crippen molar-refractivity contribution < 1.29 is 14.6 Å². The van der Waals surface area contributed by atoms with Gasteiger partial charge < -0.3 is 19.3 Å².